The first-order valence-electron chi connectivity index (χ1n) is 10.7. The van der Waals surface area contributed by atoms with Crippen LogP contribution in [0.5, 0.6) is 0 Å². The van der Waals surface area contributed by atoms with Crippen LogP contribution in [0.15, 0.2) is 52.3 Å². The lowest BCUT2D eigenvalue weighted by molar-refractivity contribution is -0.944. The van der Waals surface area contributed by atoms with Gasteiger partial charge in [-0.05, 0) is 30.3 Å². The second kappa shape index (κ2) is 9.42. The molecule has 0 amide bonds. The van der Waals surface area contributed by atoms with Crippen molar-refractivity contribution in [3.8, 4) is 0 Å². The molecule has 4 rings (SSSR count). The molecule has 8 nitrogen and oxygen atoms in total. The quantitative estimate of drug-likeness (QED) is 0.452. The number of rotatable bonds is 6. The van der Waals surface area contributed by atoms with E-state index in [1.165, 1.54) is 0 Å². The second-order valence-corrected chi connectivity index (χ2v) is 10.5. The Hall–Kier alpha value is -1.85. The summed E-state index contributed by atoms with van der Waals surface area (Å²) in [4.78, 5) is 15.9. The number of para-hydroxylation sites is 1. The Balaban J connectivity index is 1.51. The van der Waals surface area contributed by atoms with Gasteiger partial charge in [0.25, 0.3) is 0 Å². The third-order valence-electron chi connectivity index (χ3n) is 6.22. The molecule has 1 saturated heterocycles. The Bertz CT molecular complexity index is 1040. The highest BCUT2D eigenvalue weighted by molar-refractivity contribution is 7.99. The van der Waals surface area contributed by atoms with Crippen molar-refractivity contribution in [1.82, 2.24) is 0 Å². The summed E-state index contributed by atoms with van der Waals surface area (Å²) in [6, 6.07) is 14.0. The van der Waals surface area contributed by atoms with Crippen LogP contribution in [0.2, 0.25) is 5.02 Å². The van der Waals surface area contributed by atoms with Gasteiger partial charge >= 0.3 is 5.97 Å². The maximum absolute atomic E-state index is 11.5. The van der Waals surface area contributed by atoms with Crippen molar-refractivity contribution in [2.45, 2.75) is 46.9 Å². The van der Waals surface area contributed by atoms with Crippen molar-refractivity contribution in [1.29, 1.82) is 0 Å². The Kier molecular flexibility index (Phi) is 6.93. The molecule has 2 aromatic carbocycles. The molecule has 1 fully saturated rings. The van der Waals surface area contributed by atoms with Crippen LogP contribution in [0, 0.1) is 0 Å². The van der Waals surface area contributed by atoms with Crippen molar-refractivity contribution in [3.63, 3.8) is 0 Å². The summed E-state index contributed by atoms with van der Waals surface area (Å²) < 4.78 is 5.67. The summed E-state index contributed by atoms with van der Waals surface area (Å²) in [6.07, 6.45) is -6.65. The first-order chi connectivity index (χ1) is 15.6. The number of carbonyl (C=O) groups is 1. The summed E-state index contributed by atoms with van der Waals surface area (Å²) in [5, 5.41) is 40.7. The van der Waals surface area contributed by atoms with E-state index in [2.05, 4.69) is 17.0 Å². The Morgan fingerprint density at radius 1 is 1.06 bits per heavy atom. The highest BCUT2D eigenvalue weighted by Gasteiger charge is 2.52. The first-order valence-corrected chi connectivity index (χ1v) is 11.9. The molecular weight excluding hydrogens is 468 g/mol. The average molecular weight is 496 g/mol. The number of nitrogens with zero attached hydrogens (tertiary/aromatic N) is 2. The van der Waals surface area contributed by atoms with Gasteiger partial charge in [-0.25, -0.2) is 4.79 Å². The minimum absolute atomic E-state index is 0.112. The topological polar surface area (TPSA) is 110 Å². The number of fused-ring (bicyclic) bond motifs is 2. The van der Waals surface area contributed by atoms with Crippen LogP contribution in [-0.2, 0) is 9.53 Å². The second-order valence-electron chi connectivity index (χ2n) is 8.95. The van der Waals surface area contributed by atoms with Gasteiger partial charge in [-0.1, -0.05) is 35.5 Å². The van der Waals surface area contributed by atoms with Crippen molar-refractivity contribution >= 4 is 40.7 Å². The third kappa shape index (κ3) is 4.72. The molecule has 2 aliphatic heterocycles. The number of ether oxygens (including phenoxy) is 1. The molecule has 0 saturated carbocycles. The number of likely N-dealkylation sites (N-methyl/N-ethyl adjacent to an activating group) is 1. The standard InChI is InChI=1S/C23H27ClN2O6S/c1-26(2,22-20(29)18(27)19(28)21(32-22)23(30)31)11-5-10-25-14-6-3-4-7-16(14)33-17-9-8-13(24)12-15(17)25/h3-4,6-9,12,18-22,27-29H,5,10-11H2,1-2H3/p+1. The fourth-order valence-electron chi connectivity index (χ4n) is 4.45. The molecule has 0 aliphatic carbocycles. The lowest BCUT2D eigenvalue weighted by atomic mass is 9.96. The molecule has 0 aromatic heterocycles. The summed E-state index contributed by atoms with van der Waals surface area (Å²) >= 11 is 7.98. The van der Waals surface area contributed by atoms with E-state index in [0.29, 0.717) is 24.5 Å². The molecular formula is C23H28ClN2O6S+. The predicted molar refractivity (Wildman–Crippen MR) is 125 cm³/mol. The molecule has 5 atom stereocenters. The van der Waals surface area contributed by atoms with E-state index in [-0.39, 0.29) is 4.48 Å². The van der Waals surface area contributed by atoms with E-state index in [4.69, 9.17) is 16.3 Å². The van der Waals surface area contributed by atoms with Crippen molar-refractivity contribution in [2.75, 3.05) is 32.1 Å². The molecule has 178 valence electrons. The van der Waals surface area contributed by atoms with Gasteiger partial charge in [-0.2, -0.15) is 0 Å². The Morgan fingerprint density at radius 2 is 1.76 bits per heavy atom. The monoisotopic (exact) mass is 495 g/mol. The van der Waals surface area contributed by atoms with Crippen LogP contribution in [0.3, 0.4) is 0 Å². The number of aliphatic carboxylic acids is 1. The lowest BCUT2D eigenvalue weighted by Crippen LogP contribution is -2.68. The zero-order chi connectivity index (χ0) is 23.9. The fraction of sp³-hybridized carbons (Fsp3) is 0.435. The smallest absolute Gasteiger partial charge is 0.335 e. The summed E-state index contributed by atoms with van der Waals surface area (Å²) in [7, 11) is 3.62. The number of aliphatic hydroxyl groups excluding tert-OH is 3. The van der Waals surface area contributed by atoms with Crippen molar-refractivity contribution in [2.24, 2.45) is 0 Å². The maximum Gasteiger partial charge on any atom is 0.335 e. The van der Waals surface area contributed by atoms with Crippen LogP contribution < -0.4 is 4.90 Å². The van der Waals surface area contributed by atoms with Crippen molar-refractivity contribution < 1.29 is 34.4 Å². The van der Waals surface area contributed by atoms with E-state index in [1.807, 2.05) is 44.4 Å². The fourth-order valence-corrected chi connectivity index (χ4v) is 5.69. The molecule has 10 heteroatoms. The maximum atomic E-state index is 11.5. The SMILES string of the molecule is C[N+](C)(CCCN1c2ccccc2Sc2ccc(Cl)cc21)C1OC(C(=O)O)C(O)C(O)C1O. The largest absolute Gasteiger partial charge is 0.479 e. The number of carboxylic acids is 1. The lowest BCUT2D eigenvalue weighted by Gasteiger charge is -2.46. The van der Waals surface area contributed by atoms with Crippen LogP contribution >= 0.6 is 23.4 Å². The summed E-state index contributed by atoms with van der Waals surface area (Å²) in [5.74, 6) is -1.38. The molecule has 0 radical (unpaired) electrons. The minimum Gasteiger partial charge on any atom is -0.479 e. The zero-order valence-electron chi connectivity index (χ0n) is 18.3. The molecule has 2 aromatic rings. The van der Waals surface area contributed by atoms with E-state index in [1.54, 1.807) is 11.8 Å². The normalized spacial score (nSPS) is 27.1. The van der Waals surface area contributed by atoms with Gasteiger partial charge in [0.2, 0.25) is 6.23 Å². The Morgan fingerprint density at radius 3 is 2.48 bits per heavy atom. The highest BCUT2D eigenvalue weighted by atomic mass is 35.5. The van der Waals surface area contributed by atoms with Crippen LogP contribution in [0.25, 0.3) is 0 Å². The van der Waals surface area contributed by atoms with Gasteiger partial charge < -0.3 is 34.5 Å². The predicted octanol–water partition coefficient (Wildman–Crippen LogP) is 2.30. The molecule has 5 unspecified atom stereocenters. The van der Waals surface area contributed by atoms with Gasteiger partial charge in [0, 0.05) is 27.8 Å². The molecule has 33 heavy (non-hydrogen) atoms. The number of hydrogen-bond donors (Lipinski definition) is 4. The minimum atomic E-state index is -1.70. The van der Waals surface area contributed by atoms with Gasteiger partial charge in [-0.3, -0.25) is 0 Å². The number of carboxylic acid groups (broad SMARTS) is 1. The van der Waals surface area contributed by atoms with E-state index in [9.17, 15) is 25.2 Å². The zero-order valence-corrected chi connectivity index (χ0v) is 19.9. The van der Waals surface area contributed by atoms with E-state index < -0.39 is 36.6 Å². The van der Waals surface area contributed by atoms with Gasteiger partial charge in [0.1, 0.15) is 12.2 Å². The van der Waals surface area contributed by atoms with Crippen LogP contribution in [0.4, 0.5) is 11.4 Å². The molecule has 2 heterocycles. The van der Waals surface area contributed by atoms with Gasteiger partial charge in [0.15, 0.2) is 12.2 Å². The first kappa shape index (κ1) is 24.3. The van der Waals surface area contributed by atoms with Crippen molar-refractivity contribution in [3.05, 3.63) is 47.5 Å². The number of aliphatic hydroxyl groups is 3. The van der Waals surface area contributed by atoms with Gasteiger partial charge in [0.05, 0.1) is 32.0 Å². The number of hydrogen-bond acceptors (Lipinski definition) is 7. The molecule has 0 spiro atoms. The highest BCUT2D eigenvalue weighted by Crippen LogP contribution is 2.48. The number of anilines is 2. The van der Waals surface area contributed by atoms with E-state index in [0.717, 1.165) is 21.2 Å². The molecule has 2 aliphatic rings. The summed E-state index contributed by atoms with van der Waals surface area (Å²) in [6.45, 7) is 1.18. The van der Waals surface area contributed by atoms with Crippen LogP contribution in [0.1, 0.15) is 6.42 Å². The summed E-state index contributed by atoms with van der Waals surface area (Å²) in [5.41, 5.74) is 2.11. The molecule has 4 N–H and O–H groups in total. The number of quaternary nitrogens is 1. The van der Waals surface area contributed by atoms with Gasteiger partial charge in [-0.15, -0.1) is 0 Å². The third-order valence-corrected chi connectivity index (χ3v) is 7.59. The average Bonchev–Trinajstić information content (AvgIpc) is 2.77. The van der Waals surface area contributed by atoms with E-state index >= 15 is 0 Å². The number of halogens is 1. The molecule has 0 bridgehead atoms. The Labute approximate surface area is 201 Å². The van der Waals surface area contributed by atoms with Crippen LogP contribution in [-0.4, -0.2) is 88.7 Å². The number of benzene rings is 2.